The summed E-state index contributed by atoms with van der Waals surface area (Å²) in [5.41, 5.74) is 1.29. The average Bonchev–Trinajstić information content (AvgIpc) is 2.39. The van der Waals surface area contributed by atoms with Gasteiger partial charge < -0.3 is 10.2 Å². The molecule has 1 aliphatic heterocycles. The van der Waals surface area contributed by atoms with Gasteiger partial charge in [0.05, 0.1) is 6.54 Å². The van der Waals surface area contributed by atoms with Crippen molar-refractivity contribution >= 4 is 5.71 Å². The second kappa shape index (κ2) is 7.05. The Morgan fingerprint density at radius 2 is 2.11 bits per heavy atom. The fourth-order valence-corrected chi connectivity index (χ4v) is 2.64. The van der Waals surface area contributed by atoms with Crippen molar-refractivity contribution in [2.75, 3.05) is 33.2 Å². The molecule has 0 bridgehead atoms. The number of nitrogens with zero attached hydrogens (tertiary/aromatic N) is 2. The first-order valence-electron chi connectivity index (χ1n) is 7.37. The lowest BCUT2D eigenvalue weighted by Crippen LogP contribution is -2.41. The lowest BCUT2D eigenvalue weighted by Gasteiger charge is -2.29. The van der Waals surface area contributed by atoms with E-state index < -0.39 is 0 Å². The van der Waals surface area contributed by atoms with Gasteiger partial charge in [0.15, 0.2) is 0 Å². The molecule has 1 aliphatic carbocycles. The van der Waals surface area contributed by atoms with Gasteiger partial charge in [0.1, 0.15) is 0 Å². The Morgan fingerprint density at radius 1 is 1.33 bits per heavy atom. The Bertz CT molecular complexity index is 301. The van der Waals surface area contributed by atoms with Gasteiger partial charge in [-0.1, -0.05) is 13.0 Å². The topological polar surface area (TPSA) is 27.6 Å². The van der Waals surface area contributed by atoms with Gasteiger partial charge in [0, 0.05) is 18.3 Å². The van der Waals surface area contributed by atoms with Crippen LogP contribution >= 0.6 is 0 Å². The molecule has 1 unspecified atom stereocenters. The van der Waals surface area contributed by atoms with Crippen LogP contribution in [0.2, 0.25) is 0 Å². The molecule has 0 radical (unpaired) electrons. The molecule has 2 rings (SSSR count). The van der Waals surface area contributed by atoms with E-state index in [9.17, 15) is 0 Å². The third-order valence-corrected chi connectivity index (χ3v) is 4.05. The normalized spacial score (nSPS) is 29.0. The predicted octanol–water partition coefficient (Wildman–Crippen LogP) is 2.10. The summed E-state index contributed by atoms with van der Waals surface area (Å²) in [6.45, 7) is 6.69. The molecule has 0 saturated carbocycles. The van der Waals surface area contributed by atoms with Crippen molar-refractivity contribution in [3.8, 4) is 0 Å². The highest BCUT2D eigenvalue weighted by Gasteiger charge is 2.15. The van der Waals surface area contributed by atoms with E-state index in [0.717, 1.165) is 25.4 Å². The largest absolute Gasteiger partial charge is 0.312 e. The summed E-state index contributed by atoms with van der Waals surface area (Å²) in [6, 6.07) is 0.711. The zero-order chi connectivity index (χ0) is 12.8. The number of nitrogens with one attached hydrogen (secondary N) is 1. The first-order valence-corrected chi connectivity index (χ1v) is 7.37. The van der Waals surface area contributed by atoms with Gasteiger partial charge in [-0.25, -0.2) is 0 Å². The molecule has 0 spiro atoms. The summed E-state index contributed by atoms with van der Waals surface area (Å²) in [5, 5.41) is 3.63. The molecule has 1 fully saturated rings. The quantitative estimate of drug-likeness (QED) is 0.773. The van der Waals surface area contributed by atoms with E-state index >= 15 is 0 Å². The van der Waals surface area contributed by atoms with Crippen LogP contribution in [0.15, 0.2) is 17.1 Å². The van der Waals surface area contributed by atoms with Crippen LogP contribution < -0.4 is 5.32 Å². The van der Waals surface area contributed by atoms with Gasteiger partial charge in [0.25, 0.3) is 0 Å². The van der Waals surface area contributed by atoms with Crippen LogP contribution in [0, 0.1) is 5.92 Å². The van der Waals surface area contributed by atoms with Gasteiger partial charge >= 0.3 is 0 Å². The molecule has 1 heterocycles. The SMILES string of the molecule is CC1C=CC(=NCCNC2CCN(C)CC2)CC1. The summed E-state index contributed by atoms with van der Waals surface area (Å²) in [5.74, 6) is 0.737. The second-order valence-electron chi connectivity index (χ2n) is 5.78. The molecule has 18 heavy (non-hydrogen) atoms. The van der Waals surface area contributed by atoms with Crippen LogP contribution in [-0.4, -0.2) is 49.9 Å². The number of rotatable bonds is 4. The summed E-state index contributed by atoms with van der Waals surface area (Å²) in [7, 11) is 2.21. The van der Waals surface area contributed by atoms with Crippen molar-refractivity contribution in [2.24, 2.45) is 10.9 Å². The predicted molar refractivity (Wildman–Crippen MR) is 78.4 cm³/mol. The average molecular weight is 249 g/mol. The molecule has 1 N–H and O–H groups in total. The minimum Gasteiger partial charge on any atom is -0.312 e. The Balaban J connectivity index is 1.61. The lowest BCUT2D eigenvalue weighted by atomic mass is 9.96. The van der Waals surface area contributed by atoms with Crippen LogP contribution in [0.3, 0.4) is 0 Å². The van der Waals surface area contributed by atoms with Crippen LogP contribution in [0.5, 0.6) is 0 Å². The summed E-state index contributed by atoms with van der Waals surface area (Å²) < 4.78 is 0. The summed E-state index contributed by atoms with van der Waals surface area (Å²) in [4.78, 5) is 7.08. The Hall–Kier alpha value is -0.670. The maximum Gasteiger partial charge on any atom is 0.0517 e. The molecular weight excluding hydrogens is 222 g/mol. The van der Waals surface area contributed by atoms with E-state index in [1.807, 2.05) is 0 Å². The van der Waals surface area contributed by atoms with Crippen molar-refractivity contribution < 1.29 is 0 Å². The lowest BCUT2D eigenvalue weighted by molar-refractivity contribution is 0.236. The molecule has 3 nitrogen and oxygen atoms in total. The van der Waals surface area contributed by atoms with Crippen molar-refractivity contribution in [1.29, 1.82) is 0 Å². The van der Waals surface area contributed by atoms with E-state index in [1.54, 1.807) is 0 Å². The molecule has 0 amide bonds. The Kier molecular flexibility index (Phi) is 5.39. The highest BCUT2D eigenvalue weighted by Crippen LogP contribution is 2.14. The first-order chi connectivity index (χ1) is 8.74. The highest BCUT2D eigenvalue weighted by atomic mass is 15.1. The molecule has 102 valence electrons. The Labute approximate surface area is 111 Å². The molecule has 1 saturated heterocycles. The second-order valence-corrected chi connectivity index (χ2v) is 5.78. The molecule has 0 aromatic carbocycles. The first kappa shape index (κ1) is 13.8. The molecule has 1 atom stereocenters. The van der Waals surface area contributed by atoms with Gasteiger partial charge in [-0.15, -0.1) is 0 Å². The number of allylic oxidation sites excluding steroid dienone is 2. The van der Waals surface area contributed by atoms with E-state index in [0.29, 0.717) is 6.04 Å². The van der Waals surface area contributed by atoms with Crippen molar-refractivity contribution in [3.63, 3.8) is 0 Å². The van der Waals surface area contributed by atoms with Crippen LogP contribution in [-0.2, 0) is 0 Å². The molecular formula is C15H27N3. The van der Waals surface area contributed by atoms with Gasteiger partial charge in [-0.2, -0.15) is 0 Å². The number of piperidine rings is 1. The van der Waals surface area contributed by atoms with Gasteiger partial charge in [0.2, 0.25) is 0 Å². The fraction of sp³-hybridized carbons (Fsp3) is 0.800. The summed E-state index contributed by atoms with van der Waals surface area (Å²) >= 11 is 0. The van der Waals surface area contributed by atoms with E-state index in [-0.39, 0.29) is 0 Å². The van der Waals surface area contributed by atoms with E-state index in [1.165, 1.54) is 38.1 Å². The minimum absolute atomic E-state index is 0.711. The molecule has 3 heteroatoms. The number of hydrogen-bond donors (Lipinski definition) is 1. The maximum absolute atomic E-state index is 4.67. The fourth-order valence-electron chi connectivity index (χ4n) is 2.64. The summed E-state index contributed by atoms with van der Waals surface area (Å²) in [6.07, 6.45) is 9.48. The van der Waals surface area contributed by atoms with Crippen LogP contribution in [0.25, 0.3) is 0 Å². The van der Waals surface area contributed by atoms with Crippen molar-refractivity contribution in [2.45, 2.75) is 38.6 Å². The van der Waals surface area contributed by atoms with Crippen LogP contribution in [0.1, 0.15) is 32.6 Å². The number of likely N-dealkylation sites (tertiary alicyclic amines) is 1. The zero-order valence-electron chi connectivity index (χ0n) is 11.9. The maximum atomic E-state index is 4.67. The molecule has 2 aliphatic rings. The smallest absolute Gasteiger partial charge is 0.0517 e. The molecule has 0 aromatic rings. The van der Waals surface area contributed by atoms with Crippen molar-refractivity contribution in [1.82, 2.24) is 10.2 Å². The number of aliphatic imine (C=N–C) groups is 1. The van der Waals surface area contributed by atoms with Gasteiger partial charge in [-0.3, -0.25) is 4.99 Å². The standard InChI is InChI=1S/C15H27N3/c1-13-3-5-14(6-4-13)16-9-10-17-15-7-11-18(2)12-8-15/h3,5,13,15,17H,4,6-12H2,1-2H3. The van der Waals surface area contributed by atoms with E-state index in [2.05, 4.69) is 41.3 Å². The Morgan fingerprint density at radius 3 is 2.78 bits per heavy atom. The van der Waals surface area contributed by atoms with E-state index in [4.69, 9.17) is 0 Å². The third-order valence-electron chi connectivity index (χ3n) is 4.05. The highest BCUT2D eigenvalue weighted by molar-refractivity contribution is 5.95. The van der Waals surface area contributed by atoms with Crippen LogP contribution in [0.4, 0.5) is 0 Å². The van der Waals surface area contributed by atoms with Gasteiger partial charge in [-0.05, 0) is 57.8 Å². The minimum atomic E-state index is 0.711. The zero-order valence-corrected chi connectivity index (χ0v) is 11.9. The third kappa shape index (κ3) is 4.54. The molecule has 0 aromatic heterocycles. The number of hydrogen-bond acceptors (Lipinski definition) is 3. The monoisotopic (exact) mass is 249 g/mol. The van der Waals surface area contributed by atoms with Crippen molar-refractivity contribution in [3.05, 3.63) is 12.2 Å².